The summed E-state index contributed by atoms with van der Waals surface area (Å²) in [6.07, 6.45) is 4.66. The van der Waals surface area contributed by atoms with Gasteiger partial charge in [0.25, 0.3) is 5.56 Å². The van der Waals surface area contributed by atoms with Gasteiger partial charge in [0, 0.05) is 19.2 Å². The molecule has 0 bridgehead atoms. The van der Waals surface area contributed by atoms with Crippen molar-refractivity contribution in [1.82, 2.24) is 19.5 Å². The lowest BCUT2D eigenvalue weighted by atomic mass is 9.95. The second kappa shape index (κ2) is 6.23. The molecule has 6 heteroatoms. The Bertz CT molecular complexity index is 678. The van der Waals surface area contributed by atoms with Gasteiger partial charge in [0.05, 0.1) is 5.69 Å². The molecular formula is C15H22N4OS. The molecule has 3 rings (SSSR count). The average Bonchev–Trinajstić information content (AvgIpc) is 2.91. The minimum absolute atomic E-state index is 0.0602. The van der Waals surface area contributed by atoms with Crippen LogP contribution in [0.1, 0.15) is 43.8 Å². The van der Waals surface area contributed by atoms with E-state index in [9.17, 15) is 4.79 Å². The van der Waals surface area contributed by atoms with Crippen molar-refractivity contribution >= 4 is 16.3 Å². The molecule has 0 aromatic carbocycles. The number of nitrogens with zero attached hydrogens (tertiary/aromatic N) is 4. The molecule has 0 saturated carbocycles. The van der Waals surface area contributed by atoms with E-state index in [-0.39, 0.29) is 5.56 Å². The van der Waals surface area contributed by atoms with Crippen molar-refractivity contribution < 1.29 is 0 Å². The molecule has 1 aliphatic rings. The number of hydrogen-bond acceptors (Lipinski definition) is 5. The predicted molar refractivity (Wildman–Crippen MR) is 84.8 cm³/mol. The maximum absolute atomic E-state index is 12.1. The normalized spacial score (nSPS) is 20.2. The summed E-state index contributed by atoms with van der Waals surface area (Å²) in [5, 5.41) is 5.25. The van der Waals surface area contributed by atoms with Crippen LogP contribution in [-0.4, -0.2) is 32.6 Å². The zero-order chi connectivity index (χ0) is 14.8. The highest BCUT2D eigenvalue weighted by Gasteiger charge is 2.19. The fraction of sp³-hybridized carbons (Fsp3) is 0.667. The standard InChI is InChI=1S/C15H22N4OS/c1-3-11-6-5-7-18(9-11)10-12-8-14(20)19-15(16-12)21-13(4-2)17-19/h8,11H,3-7,9-10H2,1-2H3. The third kappa shape index (κ3) is 3.16. The fourth-order valence-corrected chi connectivity index (χ4v) is 3.83. The topological polar surface area (TPSA) is 50.5 Å². The number of aryl methyl sites for hydroxylation is 1. The van der Waals surface area contributed by atoms with Crippen molar-refractivity contribution in [2.45, 2.75) is 46.1 Å². The number of aromatic nitrogens is 3. The van der Waals surface area contributed by atoms with Crippen molar-refractivity contribution in [1.29, 1.82) is 0 Å². The quantitative estimate of drug-likeness (QED) is 0.870. The molecule has 1 saturated heterocycles. The summed E-state index contributed by atoms with van der Waals surface area (Å²) in [6.45, 7) is 7.32. The molecule has 3 heterocycles. The molecule has 1 aliphatic heterocycles. The highest BCUT2D eigenvalue weighted by Crippen LogP contribution is 2.20. The first kappa shape index (κ1) is 14.7. The number of fused-ring (bicyclic) bond motifs is 1. The van der Waals surface area contributed by atoms with Gasteiger partial charge in [-0.1, -0.05) is 31.6 Å². The SMILES string of the molecule is CCc1nn2c(=O)cc(CN3CCCC(CC)C3)nc2s1. The monoisotopic (exact) mass is 306 g/mol. The fourth-order valence-electron chi connectivity index (χ4n) is 2.98. The maximum atomic E-state index is 12.1. The van der Waals surface area contributed by atoms with E-state index in [0.29, 0.717) is 0 Å². The highest BCUT2D eigenvalue weighted by molar-refractivity contribution is 7.16. The molecule has 1 atom stereocenters. The maximum Gasteiger partial charge on any atom is 0.275 e. The van der Waals surface area contributed by atoms with Gasteiger partial charge >= 0.3 is 0 Å². The lowest BCUT2D eigenvalue weighted by Gasteiger charge is -2.31. The minimum atomic E-state index is -0.0602. The molecule has 1 fully saturated rings. The Hall–Kier alpha value is -1.27. The summed E-state index contributed by atoms with van der Waals surface area (Å²) in [6, 6.07) is 1.64. The van der Waals surface area contributed by atoms with Gasteiger partial charge in [-0.25, -0.2) is 4.98 Å². The second-order valence-corrected chi connectivity index (χ2v) is 6.82. The van der Waals surface area contributed by atoms with E-state index in [2.05, 4.69) is 21.9 Å². The van der Waals surface area contributed by atoms with Gasteiger partial charge in [-0.15, -0.1) is 0 Å². The molecule has 0 spiro atoms. The van der Waals surface area contributed by atoms with Crippen molar-refractivity contribution in [3.8, 4) is 0 Å². The second-order valence-electron chi connectivity index (χ2n) is 5.78. The van der Waals surface area contributed by atoms with Gasteiger partial charge in [0.15, 0.2) is 0 Å². The van der Waals surface area contributed by atoms with Crippen molar-refractivity contribution in [3.05, 3.63) is 27.1 Å². The number of hydrogen-bond donors (Lipinski definition) is 0. The van der Waals surface area contributed by atoms with E-state index in [0.717, 1.165) is 47.6 Å². The number of piperidine rings is 1. The van der Waals surface area contributed by atoms with Crippen LogP contribution in [0.5, 0.6) is 0 Å². The average molecular weight is 306 g/mol. The van der Waals surface area contributed by atoms with E-state index < -0.39 is 0 Å². The van der Waals surface area contributed by atoms with E-state index >= 15 is 0 Å². The Labute approximate surface area is 128 Å². The Morgan fingerprint density at radius 1 is 1.43 bits per heavy atom. The summed E-state index contributed by atoms with van der Waals surface area (Å²) in [5.74, 6) is 0.790. The van der Waals surface area contributed by atoms with Gasteiger partial charge in [-0.2, -0.15) is 9.61 Å². The van der Waals surface area contributed by atoms with Crippen molar-refractivity contribution in [3.63, 3.8) is 0 Å². The van der Waals surface area contributed by atoms with Gasteiger partial charge in [-0.3, -0.25) is 9.69 Å². The summed E-state index contributed by atoms with van der Waals surface area (Å²) < 4.78 is 1.43. The van der Waals surface area contributed by atoms with E-state index in [1.807, 2.05) is 6.92 Å². The third-order valence-corrected chi connectivity index (χ3v) is 5.26. The Morgan fingerprint density at radius 3 is 3.05 bits per heavy atom. The molecule has 114 valence electrons. The van der Waals surface area contributed by atoms with Gasteiger partial charge in [0.2, 0.25) is 4.96 Å². The van der Waals surface area contributed by atoms with Gasteiger partial charge in [0.1, 0.15) is 5.01 Å². The van der Waals surface area contributed by atoms with Crippen molar-refractivity contribution in [2.24, 2.45) is 5.92 Å². The van der Waals surface area contributed by atoms with Crippen LogP contribution in [0.3, 0.4) is 0 Å². The molecule has 0 N–H and O–H groups in total. The first-order chi connectivity index (χ1) is 10.2. The van der Waals surface area contributed by atoms with Crippen molar-refractivity contribution in [2.75, 3.05) is 13.1 Å². The smallest absolute Gasteiger partial charge is 0.275 e. The molecule has 2 aromatic heterocycles. The predicted octanol–water partition coefficient (Wildman–Crippen LogP) is 2.34. The van der Waals surface area contributed by atoms with Crippen LogP contribution in [0.15, 0.2) is 10.9 Å². The van der Waals surface area contributed by atoms with Crippen LogP contribution < -0.4 is 5.56 Å². The zero-order valence-electron chi connectivity index (χ0n) is 12.7. The van der Waals surface area contributed by atoms with Crippen LogP contribution in [-0.2, 0) is 13.0 Å². The Morgan fingerprint density at radius 2 is 2.29 bits per heavy atom. The minimum Gasteiger partial charge on any atom is -0.297 e. The largest absolute Gasteiger partial charge is 0.297 e. The third-order valence-electron chi connectivity index (χ3n) is 4.21. The summed E-state index contributed by atoms with van der Waals surface area (Å²) >= 11 is 1.51. The lowest BCUT2D eigenvalue weighted by Crippen LogP contribution is -2.35. The van der Waals surface area contributed by atoms with Crippen LogP contribution in [0.2, 0.25) is 0 Å². The first-order valence-corrected chi connectivity index (χ1v) is 8.62. The summed E-state index contributed by atoms with van der Waals surface area (Å²) in [7, 11) is 0. The highest BCUT2D eigenvalue weighted by atomic mass is 32.1. The lowest BCUT2D eigenvalue weighted by molar-refractivity contribution is 0.163. The molecule has 0 amide bonds. The molecule has 2 aromatic rings. The number of rotatable bonds is 4. The Kier molecular flexibility index (Phi) is 4.35. The number of likely N-dealkylation sites (tertiary alicyclic amines) is 1. The van der Waals surface area contributed by atoms with Crippen LogP contribution in [0, 0.1) is 5.92 Å². The van der Waals surface area contributed by atoms with Gasteiger partial charge < -0.3 is 0 Å². The van der Waals surface area contributed by atoms with Crippen LogP contribution in [0.4, 0.5) is 0 Å². The van der Waals surface area contributed by atoms with E-state index in [1.54, 1.807) is 6.07 Å². The molecule has 21 heavy (non-hydrogen) atoms. The molecule has 1 unspecified atom stereocenters. The van der Waals surface area contributed by atoms with Gasteiger partial charge in [-0.05, 0) is 31.7 Å². The first-order valence-electron chi connectivity index (χ1n) is 7.80. The van der Waals surface area contributed by atoms with Crippen LogP contribution >= 0.6 is 11.3 Å². The Balaban J connectivity index is 1.82. The zero-order valence-corrected chi connectivity index (χ0v) is 13.5. The van der Waals surface area contributed by atoms with E-state index in [1.165, 1.54) is 35.1 Å². The summed E-state index contributed by atoms with van der Waals surface area (Å²) in [5.41, 5.74) is 0.818. The molecule has 0 radical (unpaired) electrons. The van der Waals surface area contributed by atoms with E-state index in [4.69, 9.17) is 0 Å². The molecule has 5 nitrogen and oxygen atoms in total. The summed E-state index contributed by atoms with van der Waals surface area (Å²) in [4.78, 5) is 19.9. The molecule has 0 aliphatic carbocycles. The van der Waals surface area contributed by atoms with Crippen LogP contribution in [0.25, 0.3) is 4.96 Å². The molecular weight excluding hydrogens is 284 g/mol.